The second-order valence-electron chi connectivity index (χ2n) is 3.34. The van der Waals surface area contributed by atoms with Gasteiger partial charge >= 0.3 is 0 Å². The largest absolute Gasteiger partial charge is 0.497 e. The van der Waals surface area contributed by atoms with E-state index in [-0.39, 0.29) is 5.88 Å². The smallest absolute Gasteiger partial charge is 0.118 e. The van der Waals surface area contributed by atoms with Gasteiger partial charge in [-0.2, -0.15) is 0 Å². The van der Waals surface area contributed by atoms with Gasteiger partial charge in [0.2, 0.25) is 0 Å². The fraction of sp³-hybridized carbons (Fsp3) is 0.455. The van der Waals surface area contributed by atoms with Crippen LogP contribution < -0.4 is 4.74 Å². The van der Waals surface area contributed by atoms with Crippen molar-refractivity contribution in [2.24, 2.45) is 0 Å². The fourth-order valence-electron chi connectivity index (χ4n) is 1.24. The quantitative estimate of drug-likeness (QED) is 0.748. The molecule has 3 nitrogen and oxygen atoms in total. The number of hydrogen-bond donors (Lipinski definition) is 2. The predicted molar refractivity (Wildman–Crippen MR) is 59.4 cm³/mol. The highest BCUT2D eigenvalue weighted by Gasteiger charge is 2.15. The van der Waals surface area contributed by atoms with Crippen LogP contribution in [0.25, 0.3) is 0 Å². The molecule has 0 saturated heterocycles. The van der Waals surface area contributed by atoms with E-state index >= 15 is 0 Å². The number of ether oxygens (including phenoxy) is 1. The molecule has 0 aliphatic carbocycles. The summed E-state index contributed by atoms with van der Waals surface area (Å²) in [6.07, 6.45) is -1.32. The van der Waals surface area contributed by atoms with Crippen molar-refractivity contribution < 1.29 is 14.9 Å². The molecule has 1 unspecified atom stereocenters. The number of aliphatic hydroxyl groups excluding tert-OH is 2. The zero-order valence-electron chi connectivity index (χ0n) is 8.56. The van der Waals surface area contributed by atoms with Crippen LogP contribution in [0.2, 0.25) is 0 Å². The van der Waals surface area contributed by atoms with Gasteiger partial charge < -0.3 is 14.9 Å². The van der Waals surface area contributed by atoms with Crippen molar-refractivity contribution in [3.63, 3.8) is 0 Å². The van der Waals surface area contributed by atoms with Crippen LogP contribution >= 0.6 is 11.6 Å². The molecule has 0 aromatic heterocycles. The maximum Gasteiger partial charge on any atom is 0.118 e. The van der Waals surface area contributed by atoms with Gasteiger partial charge in [-0.1, -0.05) is 12.1 Å². The Labute approximate surface area is 94.3 Å². The normalized spacial score (nSPS) is 14.7. The van der Waals surface area contributed by atoms with Gasteiger partial charge in [0.15, 0.2) is 0 Å². The van der Waals surface area contributed by atoms with Crippen molar-refractivity contribution in [3.8, 4) is 5.75 Å². The van der Waals surface area contributed by atoms with Crippen LogP contribution in [0, 0.1) is 0 Å². The van der Waals surface area contributed by atoms with E-state index in [0.717, 1.165) is 11.3 Å². The average molecular weight is 231 g/mol. The van der Waals surface area contributed by atoms with Crippen LogP contribution in [0.3, 0.4) is 0 Å². The summed E-state index contributed by atoms with van der Waals surface area (Å²) in [6.45, 7) is 0. The number of methoxy groups -OCH3 is 1. The first-order chi connectivity index (χ1) is 7.17. The Balaban J connectivity index is 2.57. The molecule has 0 aliphatic rings. The van der Waals surface area contributed by atoms with E-state index in [1.807, 2.05) is 24.3 Å². The first-order valence-electron chi connectivity index (χ1n) is 4.72. The summed E-state index contributed by atoms with van der Waals surface area (Å²) < 4.78 is 5.01. The van der Waals surface area contributed by atoms with Gasteiger partial charge in [-0.05, 0) is 17.7 Å². The zero-order valence-corrected chi connectivity index (χ0v) is 9.31. The Morgan fingerprint density at radius 3 is 2.27 bits per heavy atom. The lowest BCUT2D eigenvalue weighted by atomic mass is 10.0. The third-order valence-corrected chi connectivity index (χ3v) is 2.52. The van der Waals surface area contributed by atoms with Gasteiger partial charge in [-0.15, -0.1) is 11.6 Å². The van der Waals surface area contributed by atoms with E-state index in [0.29, 0.717) is 6.42 Å². The lowest BCUT2D eigenvalue weighted by Crippen LogP contribution is -2.29. The second kappa shape index (κ2) is 5.95. The summed E-state index contributed by atoms with van der Waals surface area (Å²) >= 11 is 5.43. The molecule has 15 heavy (non-hydrogen) atoms. The Kier molecular flexibility index (Phi) is 4.88. The standard InChI is InChI=1S/C11H15ClO3/c1-15-9-4-2-8(3-5-9)6-10(13)11(14)7-12/h2-5,10-11,13-14H,6-7H2,1H3/t10-,11?/m1/s1. The van der Waals surface area contributed by atoms with Crippen LogP contribution in [-0.2, 0) is 6.42 Å². The van der Waals surface area contributed by atoms with Gasteiger partial charge in [0.05, 0.1) is 25.2 Å². The Morgan fingerprint density at radius 2 is 1.80 bits per heavy atom. The van der Waals surface area contributed by atoms with Crippen LogP contribution in [-0.4, -0.2) is 35.4 Å². The lowest BCUT2D eigenvalue weighted by Gasteiger charge is -2.15. The fourth-order valence-corrected chi connectivity index (χ4v) is 1.45. The van der Waals surface area contributed by atoms with Crippen LogP contribution in [0.15, 0.2) is 24.3 Å². The maximum absolute atomic E-state index is 9.53. The first-order valence-corrected chi connectivity index (χ1v) is 5.26. The molecular formula is C11H15ClO3. The summed E-state index contributed by atoms with van der Waals surface area (Å²) in [6, 6.07) is 7.33. The number of aliphatic hydroxyl groups is 2. The summed E-state index contributed by atoms with van der Waals surface area (Å²) in [5.74, 6) is 0.809. The molecule has 0 aliphatic heterocycles. The van der Waals surface area contributed by atoms with Gasteiger partial charge in [-0.3, -0.25) is 0 Å². The van der Waals surface area contributed by atoms with Gasteiger partial charge in [0.25, 0.3) is 0 Å². The summed E-state index contributed by atoms with van der Waals surface area (Å²) in [5, 5.41) is 18.8. The molecule has 1 aromatic carbocycles. The minimum atomic E-state index is -0.881. The highest BCUT2D eigenvalue weighted by molar-refractivity contribution is 6.18. The Morgan fingerprint density at radius 1 is 1.20 bits per heavy atom. The Hall–Kier alpha value is -0.770. The van der Waals surface area contributed by atoms with Crippen molar-refractivity contribution >= 4 is 11.6 Å². The van der Waals surface area contributed by atoms with Crippen molar-refractivity contribution in [3.05, 3.63) is 29.8 Å². The highest BCUT2D eigenvalue weighted by Crippen LogP contribution is 2.13. The molecule has 0 bridgehead atoms. The molecule has 0 radical (unpaired) electrons. The van der Waals surface area contributed by atoms with Crippen LogP contribution in [0.5, 0.6) is 5.75 Å². The molecule has 1 rings (SSSR count). The van der Waals surface area contributed by atoms with Crippen molar-refractivity contribution in [1.29, 1.82) is 0 Å². The predicted octanol–water partition coefficient (Wildman–Crippen LogP) is 1.20. The van der Waals surface area contributed by atoms with E-state index in [2.05, 4.69) is 0 Å². The monoisotopic (exact) mass is 230 g/mol. The van der Waals surface area contributed by atoms with Gasteiger partial charge in [0.1, 0.15) is 5.75 Å². The van der Waals surface area contributed by atoms with E-state index in [1.165, 1.54) is 0 Å². The molecule has 84 valence electrons. The van der Waals surface area contributed by atoms with Gasteiger partial charge in [-0.25, -0.2) is 0 Å². The number of halogens is 1. The molecule has 2 atom stereocenters. The molecule has 0 heterocycles. The second-order valence-corrected chi connectivity index (χ2v) is 3.65. The van der Waals surface area contributed by atoms with Crippen molar-refractivity contribution in [2.75, 3.05) is 13.0 Å². The molecule has 1 aromatic rings. The molecule has 0 amide bonds. The molecule has 2 N–H and O–H groups in total. The SMILES string of the molecule is COc1ccc(C[C@@H](O)C(O)CCl)cc1. The zero-order chi connectivity index (χ0) is 11.3. The molecular weight excluding hydrogens is 216 g/mol. The first kappa shape index (κ1) is 12.3. The highest BCUT2D eigenvalue weighted by atomic mass is 35.5. The summed E-state index contributed by atoms with van der Waals surface area (Å²) in [7, 11) is 1.60. The minimum absolute atomic E-state index is 0.0390. The summed E-state index contributed by atoms with van der Waals surface area (Å²) in [4.78, 5) is 0. The molecule has 0 spiro atoms. The maximum atomic E-state index is 9.53. The summed E-state index contributed by atoms with van der Waals surface area (Å²) in [5.41, 5.74) is 0.937. The van der Waals surface area contributed by atoms with E-state index in [4.69, 9.17) is 16.3 Å². The number of rotatable bonds is 5. The number of alkyl halides is 1. The topological polar surface area (TPSA) is 49.7 Å². The third kappa shape index (κ3) is 3.70. The lowest BCUT2D eigenvalue weighted by molar-refractivity contribution is 0.0341. The van der Waals surface area contributed by atoms with Crippen molar-refractivity contribution in [2.45, 2.75) is 18.6 Å². The van der Waals surface area contributed by atoms with E-state index < -0.39 is 12.2 Å². The average Bonchev–Trinajstić information content (AvgIpc) is 2.29. The molecule has 0 saturated carbocycles. The van der Waals surface area contributed by atoms with Gasteiger partial charge in [0, 0.05) is 6.42 Å². The number of benzene rings is 1. The third-order valence-electron chi connectivity index (χ3n) is 2.21. The number of hydrogen-bond acceptors (Lipinski definition) is 3. The van der Waals surface area contributed by atoms with Crippen LogP contribution in [0.4, 0.5) is 0 Å². The molecule has 4 heteroatoms. The van der Waals surface area contributed by atoms with Crippen molar-refractivity contribution in [1.82, 2.24) is 0 Å². The minimum Gasteiger partial charge on any atom is -0.497 e. The Bertz CT molecular complexity index is 286. The van der Waals surface area contributed by atoms with E-state index in [9.17, 15) is 10.2 Å². The van der Waals surface area contributed by atoms with Crippen LogP contribution in [0.1, 0.15) is 5.56 Å². The molecule has 0 fully saturated rings. The van der Waals surface area contributed by atoms with E-state index in [1.54, 1.807) is 7.11 Å².